The van der Waals surface area contributed by atoms with Gasteiger partial charge < -0.3 is 20.4 Å². The number of anilines is 2. The van der Waals surface area contributed by atoms with Gasteiger partial charge in [0.15, 0.2) is 0 Å². The van der Waals surface area contributed by atoms with Gasteiger partial charge in [-0.3, -0.25) is 14.4 Å². The minimum atomic E-state index is -0.154. The van der Waals surface area contributed by atoms with Crippen molar-refractivity contribution in [3.63, 3.8) is 0 Å². The lowest BCUT2D eigenvalue weighted by atomic mass is 9.91. The fourth-order valence-corrected chi connectivity index (χ4v) is 4.93. The van der Waals surface area contributed by atoms with Crippen LogP contribution in [0, 0.1) is 0 Å². The second kappa shape index (κ2) is 10.2. The quantitative estimate of drug-likeness (QED) is 0.710. The topological polar surface area (TPSA) is 81.8 Å². The van der Waals surface area contributed by atoms with Crippen LogP contribution in [0.25, 0.3) is 0 Å². The van der Waals surface area contributed by atoms with Crippen LogP contribution in [0.15, 0.2) is 42.5 Å². The molecule has 1 saturated heterocycles. The fourth-order valence-electron chi connectivity index (χ4n) is 4.93. The summed E-state index contributed by atoms with van der Waals surface area (Å²) in [7, 11) is 0. The van der Waals surface area contributed by atoms with E-state index in [1.54, 1.807) is 0 Å². The van der Waals surface area contributed by atoms with Crippen molar-refractivity contribution in [3.8, 4) is 0 Å². The van der Waals surface area contributed by atoms with Crippen molar-refractivity contribution in [2.24, 2.45) is 0 Å². The predicted molar refractivity (Wildman–Crippen MR) is 129 cm³/mol. The van der Waals surface area contributed by atoms with Crippen molar-refractivity contribution in [1.82, 2.24) is 9.80 Å². The Hall–Kier alpha value is -3.19. The van der Waals surface area contributed by atoms with Crippen molar-refractivity contribution < 1.29 is 14.4 Å². The normalized spacial score (nSPS) is 18.0. The lowest BCUT2D eigenvalue weighted by Gasteiger charge is -2.39. The molecule has 174 valence electrons. The van der Waals surface area contributed by atoms with E-state index in [-0.39, 0.29) is 30.2 Å². The maximum Gasteiger partial charge on any atom is 0.227 e. The highest BCUT2D eigenvalue weighted by atomic mass is 16.2. The van der Waals surface area contributed by atoms with E-state index in [0.717, 1.165) is 42.9 Å². The fraction of sp³-hybridized carbons (Fsp3) is 0.423. The summed E-state index contributed by atoms with van der Waals surface area (Å²) in [5.41, 5.74) is 4.60. The molecular weight excluding hydrogens is 416 g/mol. The maximum atomic E-state index is 13.6. The molecular formula is C26H32N4O3. The van der Waals surface area contributed by atoms with Crippen LogP contribution in [0.2, 0.25) is 0 Å². The van der Waals surface area contributed by atoms with Crippen molar-refractivity contribution in [2.45, 2.75) is 45.6 Å². The molecule has 2 aromatic carbocycles. The van der Waals surface area contributed by atoms with Crippen LogP contribution in [0.3, 0.4) is 0 Å². The number of nitrogens with one attached hydrogen (secondary N) is 2. The van der Waals surface area contributed by atoms with Crippen molar-refractivity contribution in [1.29, 1.82) is 0 Å². The first-order valence-corrected chi connectivity index (χ1v) is 11.7. The molecule has 2 aliphatic heterocycles. The molecule has 33 heavy (non-hydrogen) atoms. The molecule has 0 aromatic heterocycles. The number of nitrogens with zero attached hydrogens (tertiary/aromatic N) is 2. The molecule has 0 saturated carbocycles. The third-order valence-electron chi connectivity index (χ3n) is 6.44. The Morgan fingerprint density at radius 3 is 2.39 bits per heavy atom. The van der Waals surface area contributed by atoms with Gasteiger partial charge in [0.1, 0.15) is 0 Å². The number of benzene rings is 2. The zero-order valence-corrected chi connectivity index (χ0v) is 19.4. The van der Waals surface area contributed by atoms with Crippen molar-refractivity contribution in [2.75, 3.05) is 36.8 Å². The first kappa shape index (κ1) is 23.0. The minimum absolute atomic E-state index is 0.0487. The van der Waals surface area contributed by atoms with E-state index < -0.39 is 0 Å². The summed E-state index contributed by atoms with van der Waals surface area (Å²) >= 11 is 0. The zero-order valence-electron chi connectivity index (χ0n) is 19.4. The molecule has 1 atom stereocenters. The zero-order chi connectivity index (χ0) is 23.4. The summed E-state index contributed by atoms with van der Waals surface area (Å²) in [6, 6.07) is 13.4. The van der Waals surface area contributed by atoms with E-state index in [2.05, 4.69) is 21.6 Å². The Morgan fingerprint density at radius 2 is 1.67 bits per heavy atom. The molecule has 1 fully saturated rings. The third-order valence-corrected chi connectivity index (χ3v) is 6.44. The molecule has 7 nitrogen and oxygen atoms in total. The molecule has 0 aliphatic carbocycles. The van der Waals surface area contributed by atoms with E-state index in [9.17, 15) is 14.4 Å². The Balaban J connectivity index is 1.62. The molecule has 0 radical (unpaired) electrons. The van der Waals surface area contributed by atoms with Gasteiger partial charge in [0.05, 0.1) is 12.5 Å². The number of para-hydroxylation sites is 1. The Bertz CT molecular complexity index is 1050. The van der Waals surface area contributed by atoms with Crippen LogP contribution in [0.1, 0.15) is 49.4 Å². The molecule has 2 aliphatic rings. The number of carbonyl (C=O) groups excluding carboxylic acids is 3. The summed E-state index contributed by atoms with van der Waals surface area (Å²) in [6.07, 6.45) is 3.38. The number of amides is 3. The maximum absolute atomic E-state index is 13.6. The first-order valence-electron chi connectivity index (χ1n) is 11.7. The second-order valence-electron chi connectivity index (χ2n) is 8.97. The Labute approximate surface area is 195 Å². The average molecular weight is 449 g/mol. The molecule has 0 bridgehead atoms. The SMILES string of the molecule is CC(=O)Nc1ccc2c(c1)C(CN1CCCC1)N(C(=O)Cc1ccccc1NC(C)=O)CC2. The third kappa shape index (κ3) is 5.60. The van der Waals surface area contributed by atoms with E-state index in [4.69, 9.17) is 0 Å². The molecule has 2 aromatic rings. The van der Waals surface area contributed by atoms with Crippen molar-refractivity contribution >= 4 is 29.1 Å². The largest absolute Gasteiger partial charge is 0.334 e. The van der Waals surface area contributed by atoms with Gasteiger partial charge >= 0.3 is 0 Å². The molecule has 4 rings (SSSR count). The van der Waals surface area contributed by atoms with Crippen LogP contribution in [-0.4, -0.2) is 53.7 Å². The van der Waals surface area contributed by atoms with Gasteiger partial charge in [-0.2, -0.15) is 0 Å². The summed E-state index contributed by atoms with van der Waals surface area (Å²) in [6.45, 7) is 6.51. The van der Waals surface area contributed by atoms with Gasteiger partial charge in [-0.15, -0.1) is 0 Å². The summed E-state index contributed by atoms with van der Waals surface area (Å²) in [5.74, 6) is -0.212. The average Bonchev–Trinajstić information content (AvgIpc) is 3.28. The lowest BCUT2D eigenvalue weighted by Crippen LogP contribution is -2.45. The molecule has 3 amide bonds. The number of fused-ring (bicyclic) bond motifs is 1. The summed E-state index contributed by atoms with van der Waals surface area (Å²) in [5, 5.41) is 5.72. The van der Waals surface area contributed by atoms with Crippen LogP contribution >= 0.6 is 0 Å². The standard InChI is InChI=1S/C26H32N4O3/c1-18(31)27-22-10-9-20-11-14-30(25(23(20)16-22)17-29-12-5-6-13-29)26(33)15-21-7-3-4-8-24(21)28-19(2)32/h3-4,7-10,16,25H,5-6,11-15,17H2,1-2H3,(H,27,31)(H,28,32). The molecule has 7 heteroatoms. The lowest BCUT2D eigenvalue weighted by molar-refractivity contribution is -0.133. The van der Waals surface area contributed by atoms with Gasteiger partial charge in [-0.05, 0) is 67.2 Å². The van der Waals surface area contributed by atoms with Crippen molar-refractivity contribution in [3.05, 3.63) is 59.2 Å². The predicted octanol–water partition coefficient (Wildman–Crippen LogP) is 3.37. The molecule has 2 heterocycles. The van der Waals surface area contributed by atoms with E-state index in [0.29, 0.717) is 12.2 Å². The Kier molecular flexibility index (Phi) is 7.08. The van der Waals surface area contributed by atoms with Gasteiger partial charge in [-0.1, -0.05) is 24.3 Å². The number of hydrogen-bond donors (Lipinski definition) is 2. The smallest absolute Gasteiger partial charge is 0.227 e. The van der Waals surface area contributed by atoms with E-state index in [1.165, 1.54) is 32.3 Å². The second-order valence-corrected chi connectivity index (χ2v) is 8.97. The number of hydrogen-bond acceptors (Lipinski definition) is 4. The number of carbonyl (C=O) groups is 3. The highest BCUT2D eigenvalue weighted by Gasteiger charge is 2.33. The van der Waals surface area contributed by atoms with Crippen LogP contribution in [-0.2, 0) is 27.2 Å². The Morgan fingerprint density at radius 1 is 0.939 bits per heavy atom. The van der Waals surface area contributed by atoms with Crippen LogP contribution < -0.4 is 10.6 Å². The number of likely N-dealkylation sites (tertiary alicyclic amines) is 1. The highest BCUT2D eigenvalue weighted by molar-refractivity contribution is 5.91. The van der Waals surface area contributed by atoms with Gasteiger partial charge in [0, 0.05) is 38.3 Å². The van der Waals surface area contributed by atoms with Gasteiger partial charge in [-0.25, -0.2) is 0 Å². The van der Waals surface area contributed by atoms with Crippen LogP contribution in [0.4, 0.5) is 11.4 Å². The molecule has 2 N–H and O–H groups in total. The van der Waals surface area contributed by atoms with Gasteiger partial charge in [0.25, 0.3) is 0 Å². The number of rotatable bonds is 6. The highest BCUT2D eigenvalue weighted by Crippen LogP contribution is 2.34. The van der Waals surface area contributed by atoms with Gasteiger partial charge in [0.2, 0.25) is 17.7 Å². The molecule has 0 spiro atoms. The minimum Gasteiger partial charge on any atom is -0.334 e. The van der Waals surface area contributed by atoms with Crippen LogP contribution in [0.5, 0.6) is 0 Å². The van der Waals surface area contributed by atoms with E-state index >= 15 is 0 Å². The summed E-state index contributed by atoms with van der Waals surface area (Å²) in [4.78, 5) is 41.2. The summed E-state index contributed by atoms with van der Waals surface area (Å²) < 4.78 is 0. The van der Waals surface area contributed by atoms with E-state index in [1.807, 2.05) is 41.3 Å². The molecule has 1 unspecified atom stereocenters. The first-order chi connectivity index (χ1) is 15.9. The monoisotopic (exact) mass is 448 g/mol.